The van der Waals surface area contributed by atoms with Gasteiger partial charge in [0.25, 0.3) is 0 Å². The zero-order chi connectivity index (χ0) is 13.9. The highest BCUT2D eigenvalue weighted by Gasteiger charge is 2.18. The van der Waals surface area contributed by atoms with Crippen LogP contribution >= 0.6 is 0 Å². The second kappa shape index (κ2) is 5.34. The Bertz CT molecular complexity index is 724. The molecule has 0 saturated heterocycles. The van der Waals surface area contributed by atoms with Crippen LogP contribution in [0.1, 0.15) is 30.8 Å². The third-order valence-corrected chi connectivity index (χ3v) is 3.11. The number of aromatic nitrogens is 5. The lowest BCUT2D eigenvalue weighted by Crippen LogP contribution is -2.11. The largest absolute Gasteiger partial charge is 0.380 e. The molecule has 6 heteroatoms. The molecule has 0 amide bonds. The van der Waals surface area contributed by atoms with E-state index in [2.05, 4.69) is 20.3 Å². The second-order valence-corrected chi connectivity index (χ2v) is 4.57. The van der Waals surface area contributed by atoms with Crippen LogP contribution in [0.2, 0.25) is 0 Å². The topological polar surface area (TPSA) is 76.7 Å². The average molecular weight is 269 g/mol. The molecule has 1 unspecified atom stereocenters. The zero-order valence-corrected chi connectivity index (χ0v) is 11.1. The Labute approximate surface area is 116 Å². The molecule has 0 aliphatic carbocycles. The summed E-state index contributed by atoms with van der Waals surface area (Å²) in [5, 5.41) is 18.3. The van der Waals surface area contributed by atoms with Crippen LogP contribution in [0, 0.1) is 0 Å². The minimum Gasteiger partial charge on any atom is -0.380 e. The van der Waals surface area contributed by atoms with E-state index in [1.807, 2.05) is 31.2 Å². The van der Waals surface area contributed by atoms with Gasteiger partial charge in [-0.2, -0.15) is 0 Å². The molecule has 1 aromatic carbocycles. The number of hydrogen-bond acceptors (Lipinski definition) is 5. The molecule has 0 bridgehead atoms. The number of aryl methyl sites for hydroxylation is 1. The molecule has 3 aromatic rings. The molecule has 6 nitrogen and oxygen atoms in total. The van der Waals surface area contributed by atoms with E-state index in [1.165, 1.54) is 0 Å². The van der Waals surface area contributed by atoms with Gasteiger partial charge in [0.1, 0.15) is 6.10 Å². The molecule has 102 valence electrons. The standard InChI is InChI=1S/C14H15N5O/c1-2-7-19-13(9-16-18-19)14(20)12-8-15-10-5-3-4-6-11(10)17-12/h3-6,8-9,14,20H,2,7H2,1H3. The van der Waals surface area contributed by atoms with Crippen LogP contribution in [0.3, 0.4) is 0 Å². The molecule has 0 saturated carbocycles. The fourth-order valence-electron chi connectivity index (χ4n) is 2.12. The maximum atomic E-state index is 10.4. The normalized spacial score (nSPS) is 12.7. The van der Waals surface area contributed by atoms with Gasteiger partial charge in [0.2, 0.25) is 0 Å². The van der Waals surface area contributed by atoms with Crippen molar-refractivity contribution in [2.45, 2.75) is 26.0 Å². The summed E-state index contributed by atoms with van der Waals surface area (Å²) in [5.74, 6) is 0. The summed E-state index contributed by atoms with van der Waals surface area (Å²) in [4.78, 5) is 8.77. The van der Waals surface area contributed by atoms with Crippen LogP contribution in [-0.4, -0.2) is 30.1 Å². The number of rotatable bonds is 4. The van der Waals surface area contributed by atoms with Crippen molar-refractivity contribution in [2.75, 3.05) is 0 Å². The summed E-state index contributed by atoms with van der Waals surface area (Å²) in [6.07, 6.45) is 3.22. The van der Waals surface area contributed by atoms with Gasteiger partial charge in [0.05, 0.1) is 34.8 Å². The van der Waals surface area contributed by atoms with Crippen molar-refractivity contribution in [1.82, 2.24) is 25.0 Å². The predicted molar refractivity (Wildman–Crippen MR) is 73.9 cm³/mol. The summed E-state index contributed by atoms with van der Waals surface area (Å²) in [5.41, 5.74) is 2.71. The predicted octanol–water partition coefficient (Wildman–Crippen LogP) is 1.71. The molecule has 2 aromatic heterocycles. The maximum absolute atomic E-state index is 10.4. The number of para-hydroxylation sites is 2. The Balaban J connectivity index is 1.99. The highest BCUT2D eigenvalue weighted by Crippen LogP contribution is 2.20. The van der Waals surface area contributed by atoms with Gasteiger partial charge in [-0.05, 0) is 18.6 Å². The van der Waals surface area contributed by atoms with E-state index in [9.17, 15) is 5.11 Å². The minimum absolute atomic E-state index is 0.503. The van der Waals surface area contributed by atoms with E-state index in [1.54, 1.807) is 17.1 Å². The second-order valence-electron chi connectivity index (χ2n) is 4.57. The van der Waals surface area contributed by atoms with Gasteiger partial charge < -0.3 is 5.11 Å². The lowest BCUT2D eigenvalue weighted by Gasteiger charge is -2.11. The van der Waals surface area contributed by atoms with E-state index in [-0.39, 0.29) is 0 Å². The lowest BCUT2D eigenvalue weighted by atomic mass is 10.2. The van der Waals surface area contributed by atoms with Gasteiger partial charge in [0, 0.05) is 6.54 Å². The van der Waals surface area contributed by atoms with Crippen molar-refractivity contribution < 1.29 is 5.11 Å². The lowest BCUT2D eigenvalue weighted by molar-refractivity contribution is 0.202. The first-order valence-electron chi connectivity index (χ1n) is 6.57. The Hall–Kier alpha value is -2.34. The van der Waals surface area contributed by atoms with E-state index >= 15 is 0 Å². The van der Waals surface area contributed by atoms with Crippen LogP contribution in [0.4, 0.5) is 0 Å². The summed E-state index contributed by atoms with van der Waals surface area (Å²) in [6.45, 7) is 2.76. The minimum atomic E-state index is -0.867. The number of aliphatic hydroxyl groups is 1. The molecule has 0 fully saturated rings. The summed E-state index contributed by atoms with van der Waals surface area (Å²) in [7, 11) is 0. The van der Waals surface area contributed by atoms with Gasteiger partial charge in [-0.25, -0.2) is 9.67 Å². The van der Waals surface area contributed by atoms with E-state index in [0.29, 0.717) is 17.9 Å². The van der Waals surface area contributed by atoms with Crippen LogP contribution in [0.25, 0.3) is 11.0 Å². The first-order chi connectivity index (χ1) is 9.79. The fourth-order valence-corrected chi connectivity index (χ4v) is 2.12. The summed E-state index contributed by atoms with van der Waals surface area (Å²) >= 11 is 0. The SMILES string of the molecule is CCCn1nncc1C(O)c1cnc2ccccc2n1. The molecular weight excluding hydrogens is 254 g/mol. The quantitative estimate of drug-likeness (QED) is 0.780. The molecule has 3 rings (SSSR count). The molecule has 1 N–H and O–H groups in total. The third kappa shape index (κ3) is 2.25. The van der Waals surface area contributed by atoms with Crippen molar-refractivity contribution in [3.8, 4) is 0 Å². The summed E-state index contributed by atoms with van der Waals surface area (Å²) < 4.78 is 1.70. The number of nitrogens with zero attached hydrogens (tertiary/aromatic N) is 5. The van der Waals surface area contributed by atoms with Crippen LogP contribution in [0.15, 0.2) is 36.7 Å². The molecule has 20 heavy (non-hydrogen) atoms. The van der Waals surface area contributed by atoms with E-state index in [0.717, 1.165) is 17.5 Å². The van der Waals surface area contributed by atoms with E-state index in [4.69, 9.17) is 0 Å². The van der Waals surface area contributed by atoms with Crippen molar-refractivity contribution in [1.29, 1.82) is 0 Å². The molecule has 0 aliphatic heterocycles. The molecule has 1 atom stereocenters. The number of fused-ring (bicyclic) bond motifs is 1. The van der Waals surface area contributed by atoms with Crippen molar-refractivity contribution in [3.63, 3.8) is 0 Å². The van der Waals surface area contributed by atoms with Crippen molar-refractivity contribution in [2.24, 2.45) is 0 Å². The number of aliphatic hydroxyl groups excluding tert-OH is 1. The molecule has 0 spiro atoms. The van der Waals surface area contributed by atoms with Crippen molar-refractivity contribution in [3.05, 3.63) is 48.0 Å². The van der Waals surface area contributed by atoms with Gasteiger partial charge in [-0.1, -0.05) is 24.3 Å². The smallest absolute Gasteiger partial charge is 0.141 e. The first-order valence-corrected chi connectivity index (χ1v) is 6.57. The Morgan fingerprint density at radius 3 is 2.80 bits per heavy atom. The zero-order valence-electron chi connectivity index (χ0n) is 11.1. The number of benzene rings is 1. The fraction of sp³-hybridized carbons (Fsp3) is 0.286. The Morgan fingerprint density at radius 1 is 1.20 bits per heavy atom. The van der Waals surface area contributed by atoms with Gasteiger partial charge in [-0.3, -0.25) is 4.98 Å². The Kier molecular flexibility index (Phi) is 3.39. The maximum Gasteiger partial charge on any atom is 0.141 e. The summed E-state index contributed by atoms with van der Waals surface area (Å²) in [6, 6.07) is 7.57. The van der Waals surface area contributed by atoms with E-state index < -0.39 is 6.10 Å². The van der Waals surface area contributed by atoms with Crippen LogP contribution in [0.5, 0.6) is 0 Å². The van der Waals surface area contributed by atoms with Gasteiger partial charge in [0.15, 0.2) is 0 Å². The third-order valence-electron chi connectivity index (χ3n) is 3.11. The van der Waals surface area contributed by atoms with Crippen LogP contribution < -0.4 is 0 Å². The van der Waals surface area contributed by atoms with Crippen molar-refractivity contribution >= 4 is 11.0 Å². The monoisotopic (exact) mass is 269 g/mol. The van der Waals surface area contributed by atoms with Gasteiger partial charge in [-0.15, -0.1) is 5.10 Å². The Morgan fingerprint density at radius 2 is 2.00 bits per heavy atom. The first kappa shape index (κ1) is 12.7. The molecule has 2 heterocycles. The molecule has 0 radical (unpaired) electrons. The molecule has 0 aliphatic rings. The van der Waals surface area contributed by atoms with Crippen LogP contribution in [-0.2, 0) is 6.54 Å². The van der Waals surface area contributed by atoms with Gasteiger partial charge >= 0.3 is 0 Å². The highest BCUT2D eigenvalue weighted by molar-refractivity contribution is 5.73. The highest BCUT2D eigenvalue weighted by atomic mass is 16.3. The average Bonchev–Trinajstić information content (AvgIpc) is 2.94. The molecular formula is C14H15N5O. The number of hydrogen-bond donors (Lipinski definition) is 1.